The SMILES string of the molecule is COc1nc(N2CCNCC2)ccc1C(=O)Nc1cc(F)c2nc(C)cn2c1.Cc1cn2cc(NC(=O)c3ccc(N4CCNCC4)nc3F)cc(F)c2n1. The van der Waals surface area contributed by atoms with E-state index < -0.39 is 29.4 Å². The molecule has 0 radical (unpaired) electrons. The van der Waals surface area contributed by atoms with Crippen LogP contribution in [0.1, 0.15) is 32.1 Å². The number of carbonyl (C=O) groups excluding carboxylic acids is 2. The molecule has 2 amide bonds. The number of nitrogens with zero attached hydrogens (tertiary/aromatic N) is 8. The number of rotatable bonds is 7. The third-order valence-corrected chi connectivity index (χ3v) is 9.01. The lowest BCUT2D eigenvalue weighted by Gasteiger charge is -2.28. The molecule has 0 aliphatic carbocycles. The summed E-state index contributed by atoms with van der Waals surface area (Å²) < 4.78 is 51.1. The Bertz CT molecular complexity index is 2370. The van der Waals surface area contributed by atoms with Crippen molar-refractivity contribution in [2.24, 2.45) is 0 Å². The van der Waals surface area contributed by atoms with Crippen LogP contribution in [0, 0.1) is 31.4 Å². The fourth-order valence-corrected chi connectivity index (χ4v) is 6.39. The van der Waals surface area contributed by atoms with Gasteiger partial charge in [0.05, 0.1) is 35.4 Å². The number of pyridine rings is 4. The summed E-state index contributed by atoms with van der Waals surface area (Å²) in [5.41, 5.74) is 2.33. The maximum Gasteiger partial charge on any atom is 0.261 e. The van der Waals surface area contributed by atoms with Gasteiger partial charge < -0.3 is 44.6 Å². The number of aromatic nitrogens is 6. The number of ether oxygens (including phenoxy) is 1. The molecule has 8 heterocycles. The summed E-state index contributed by atoms with van der Waals surface area (Å²) in [4.78, 5) is 45.8. The average molecular weight is 757 g/mol. The van der Waals surface area contributed by atoms with Crippen molar-refractivity contribution in [3.05, 3.63) is 101 Å². The second-order valence-corrected chi connectivity index (χ2v) is 13.0. The van der Waals surface area contributed by atoms with E-state index in [1.54, 1.807) is 55.0 Å². The highest BCUT2D eigenvalue weighted by Crippen LogP contribution is 2.24. The molecule has 15 nitrogen and oxygen atoms in total. The topological polar surface area (TPSA) is 158 Å². The molecular formula is C37H39F3N12O3. The molecule has 8 rings (SSSR count). The first kappa shape index (κ1) is 37.1. The van der Waals surface area contributed by atoms with Gasteiger partial charge in [0.25, 0.3) is 11.8 Å². The quantitative estimate of drug-likeness (QED) is 0.176. The van der Waals surface area contributed by atoms with Gasteiger partial charge in [0.15, 0.2) is 22.9 Å². The molecule has 2 aliphatic rings. The van der Waals surface area contributed by atoms with Crippen LogP contribution in [0.2, 0.25) is 0 Å². The molecule has 6 aromatic rings. The van der Waals surface area contributed by atoms with Crippen molar-refractivity contribution < 1.29 is 27.5 Å². The molecule has 0 saturated carbocycles. The molecule has 4 N–H and O–H groups in total. The first-order chi connectivity index (χ1) is 26.6. The lowest BCUT2D eigenvalue weighted by molar-refractivity contribution is 0.101. The lowest BCUT2D eigenvalue weighted by Crippen LogP contribution is -2.44. The second kappa shape index (κ2) is 16.0. The van der Waals surface area contributed by atoms with Gasteiger partial charge >= 0.3 is 0 Å². The molecule has 2 aliphatic heterocycles. The standard InChI is InChI=1S/C19H21FN6O2.C18H18F2N6O/c1-12-10-26-11-13(9-15(20)17(26)22-12)23-18(27)14-3-4-16(24-19(14)28-2)25-7-5-21-6-8-25;1-11-9-26-10-12(8-14(19)17(26)22-11)23-18(27)13-2-3-15(24-16(13)20)25-6-4-21-5-7-25/h3-4,9-11,21H,5-8H2,1-2H3,(H,23,27);2-3,8-10,21H,4-7H2,1H3,(H,23,27). The molecular weight excluding hydrogens is 717 g/mol. The van der Waals surface area contributed by atoms with E-state index in [4.69, 9.17) is 4.74 Å². The second-order valence-electron chi connectivity index (χ2n) is 13.0. The van der Waals surface area contributed by atoms with E-state index in [0.29, 0.717) is 22.9 Å². The smallest absolute Gasteiger partial charge is 0.261 e. The van der Waals surface area contributed by atoms with Crippen LogP contribution in [0.25, 0.3) is 11.3 Å². The predicted molar refractivity (Wildman–Crippen MR) is 201 cm³/mol. The molecule has 0 unspecified atom stereocenters. The van der Waals surface area contributed by atoms with Crippen LogP contribution < -0.4 is 35.8 Å². The minimum absolute atomic E-state index is 0.165. The number of hydrogen-bond donors (Lipinski definition) is 4. The Kier molecular flexibility index (Phi) is 10.8. The zero-order chi connectivity index (χ0) is 38.6. The number of fused-ring (bicyclic) bond motifs is 2. The molecule has 0 bridgehead atoms. The monoisotopic (exact) mass is 756 g/mol. The number of anilines is 4. The molecule has 0 aromatic carbocycles. The van der Waals surface area contributed by atoms with Crippen LogP contribution in [0.4, 0.5) is 36.2 Å². The largest absolute Gasteiger partial charge is 0.480 e. The Labute approximate surface area is 313 Å². The molecule has 6 aromatic heterocycles. The predicted octanol–water partition coefficient (Wildman–Crippen LogP) is 3.83. The minimum Gasteiger partial charge on any atom is -0.480 e. The van der Waals surface area contributed by atoms with Crippen molar-refractivity contribution in [1.82, 2.24) is 39.4 Å². The third kappa shape index (κ3) is 8.29. The zero-order valence-electron chi connectivity index (χ0n) is 30.4. The molecule has 18 heteroatoms. The zero-order valence-corrected chi connectivity index (χ0v) is 30.4. The van der Waals surface area contributed by atoms with E-state index in [9.17, 15) is 22.8 Å². The van der Waals surface area contributed by atoms with Crippen molar-refractivity contribution >= 4 is 46.1 Å². The maximum atomic E-state index is 14.4. The van der Waals surface area contributed by atoms with E-state index >= 15 is 0 Å². The van der Waals surface area contributed by atoms with Crippen molar-refractivity contribution in [2.45, 2.75) is 13.8 Å². The van der Waals surface area contributed by atoms with Crippen LogP contribution in [0.15, 0.2) is 61.2 Å². The van der Waals surface area contributed by atoms with Crippen molar-refractivity contribution in [1.29, 1.82) is 0 Å². The fraction of sp³-hybridized carbons (Fsp3) is 0.297. The summed E-state index contributed by atoms with van der Waals surface area (Å²) >= 11 is 0. The van der Waals surface area contributed by atoms with Gasteiger partial charge in [-0.05, 0) is 38.1 Å². The Morgan fingerprint density at radius 1 is 0.655 bits per heavy atom. The third-order valence-electron chi connectivity index (χ3n) is 9.01. The van der Waals surface area contributed by atoms with E-state index in [2.05, 4.69) is 46.1 Å². The number of aryl methyl sites for hydroxylation is 2. The Balaban J connectivity index is 0.000000169. The van der Waals surface area contributed by atoms with Gasteiger partial charge in [0.2, 0.25) is 11.8 Å². The summed E-state index contributed by atoms with van der Waals surface area (Å²) in [6.45, 7) is 10.0. The number of nitrogens with one attached hydrogen (secondary N) is 4. The number of amides is 2. The number of piperazine rings is 2. The van der Waals surface area contributed by atoms with Gasteiger partial charge in [0.1, 0.15) is 17.2 Å². The number of hydrogen-bond acceptors (Lipinski definition) is 11. The van der Waals surface area contributed by atoms with Crippen molar-refractivity contribution in [3.63, 3.8) is 0 Å². The Hall–Kier alpha value is -6.27. The summed E-state index contributed by atoms with van der Waals surface area (Å²) in [5.74, 6) is -1.58. The van der Waals surface area contributed by atoms with E-state index in [-0.39, 0.29) is 34.0 Å². The van der Waals surface area contributed by atoms with Gasteiger partial charge in [-0.25, -0.2) is 23.7 Å². The summed E-state index contributed by atoms with van der Waals surface area (Å²) in [6.07, 6.45) is 6.47. The van der Waals surface area contributed by atoms with Gasteiger partial charge in [-0.3, -0.25) is 9.59 Å². The number of carbonyl (C=O) groups is 2. The summed E-state index contributed by atoms with van der Waals surface area (Å²) in [7, 11) is 1.47. The van der Waals surface area contributed by atoms with Crippen LogP contribution in [-0.2, 0) is 0 Å². The van der Waals surface area contributed by atoms with E-state index in [1.807, 2.05) is 4.90 Å². The van der Waals surface area contributed by atoms with Crippen molar-refractivity contribution in [3.8, 4) is 5.88 Å². The molecule has 286 valence electrons. The number of methoxy groups -OCH3 is 1. The van der Waals surface area contributed by atoms with Crippen LogP contribution in [0.5, 0.6) is 5.88 Å². The highest BCUT2D eigenvalue weighted by atomic mass is 19.1. The molecule has 0 spiro atoms. The first-order valence-electron chi connectivity index (χ1n) is 17.6. The van der Waals surface area contributed by atoms with E-state index in [0.717, 1.165) is 64.2 Å². The average Bonchev–Trinajstić information content (AvgIpc) is 3.76. The summed E-state index contributed by atoms with van der Waals surface area (Å²) in [5, 5.41) is 11.7. The Morgan fingerprint density at radius 2 is 1.11 bits per heavy atom. The maximum absolute atomic E-state index is 14.4. The molecule has 0 atom stereocenters. The summed E-state index contributed by atoms with van der Waals surface area (Å²) in [6, 6.07) is 8.88. The highest BCUT2D eigenvalue weighted by molar-refractivity contribution is 6.06. The van der Waals surface area contributed by atoms with E-state index in [1.165, 1.54) is 29.8 Å². The van der Waals surface area contributed by atoms with Gasteiger partial charge in [-0.15, -0.1) is 0 Å². The Morgan fingerprint density at radius 3 is 1.58 bits per heavy atom. The molecule has 55 heavy (non-hydrogen) atoms. The normalized spacial score (nSPS) is 14.4. The first-order valence-corrected chi connectivity index (χ1v) is 17.6. The minimum atomic E-state index is -0.858. The fourth-order valence-electron chi connectivity index (χ4n) is 6.39. The van der Waals surface area contributed by atoms with Gasteiger partial charge in [-0.1, -0.05) is 0 Å². The van der Waals surface area contributed by atoms with Gasteiger partial charge in [0, 0.05) is 89.3 Å². The van der Waals surface area contributed by atoms with Crippen LogP contribution in [-0.4, -0.2) is 100 Å². The molecule has 2 saturated heterocycles. The lowest BCUT2D eigenvalue weighted by atomic mass is 10.2. The number of imidazole rings is 2. The van der Waals surface area contributed by atoms with Crippen LogP contribution >= 0.6 is 0 Å². The van der Waals surface area contributed by atoms with Crippen molar-refractivity contribution in [2.75, 3.05) is 79.9 Å². The van der Waals surface area contributed by atoms with Gasteiger partial charge in [-0.2, -0.15) is 9.37 Å². The molecule has 2 fully saturated rings. The van der Waals surface area contributed by atoms with Crippen LogP contribution in [0.3, 0.4) is 0 Å². The number of halogens is 3. The highest BCUT2D eigenvalue weighted by Gasteiger charge is 2.21.